The van der Waals surface area contributed by atoms with Crippen LogP contribution in [0, 0.1) is 6.92 Å². The molecule has 0 saturated heterocycles. The number of carbonyl (C=O) groups is 2. The number of imide groups is 1. The third-order valence-electron chi connectivity index (χ3n) is 2.02. The number of carbonyl (C=O) groups excluding carboxylic acids is 2. The number of hydrogen-bond donors (Lipinski definition) is 0. The lowest BCUT2D eigenvalue weighted by atomic mass is 10.2. The van der Waals surface area contributed by atoms with Crippen molar-refractivity contribution in [3.05, 3.63) is 29.8 Å². The Morgan fingerprint density at radius 3 is 2.39 bits per heavy atom. The Kier molecular flexibility index (Phi) is 3.95. The fourth-order valence-corrected chi connectivity index (χ4v) is 1.12. The van der Waals surface area contributed by atoms with Crippen molar-refractivity contribution in [1.29, 1.82) is 0 Å². The molecule has 0 N–H and O–H groups in total. The Morgan fingerprint density at radius 1 is 1.28 bits per heavy atom. The van der Waals surface area contributed by atoms with E-state index in [1.54, 1.807) is 19.1 Å². The van der Waals surface area contributed by atoms with Crippen LogP contribution in [0.25, 0.3) is 0 Å². The minimum Gasteiger partial charge on any atom is -0.410 e. The zero-order valence-electron chi connectivity index (χ0n) is 9.62. The van der Waals surface area contributed by atoms with Crippen molar-refractivity contribution in [3.63, 3.8) is 0 Å². The molecule has 0 bridgehead atoms. The standard InChI is InChI=1S/C11H10F3NO3/c1-7-4-3-5-8(6-7)18-10(17)15(2)9(16)11(12,13)14/h3-6H,1-2H3. The van der Waals surface area contributed by atoms with Crippen molar-refractivity contribution in [2.45, 2.75) is 13.1 Å². The number of hydrogen-bond acceptors (Lipinski definition) is 3. The molecule has 0 heterocycles. The molecule has 1 aromatic rings. The minimum atomic E-state index is -5.11. The van der Waals surface area contributed by atoms with E-state index in [1.165, 1.54) is 12.1 Å². The lowest BCUT2D eigenvalue weighted by Gasteiger charge is -2.16. The number of ether oxygens (including phenoxy) is 1. The van der Waals surface area contributed by atoms with Gasteiger partial charge in [-0.3, -0.25) is 4.79 Å². The zero-order valence-corrected chi connectivity index (χ0v) is 9.62. The third kappa shape index (κ3) is 3.47. The molecule has 4 nitrogen and oxygen atoms in total. The summed E-state index contributed by atoms with van der Waals surface area (Å²) in [6.07, 6.45) is -6.50. The average molecular weight is 261 g/mol. The normalized spacial score (nSPS) is 10.9. The monoisotopic (exact) mass is 261 g/mol. The Morgan fingerprint density at radius 2 is 1.89 bits per heavy atom. The summed E-state index contributed by atoms with van der Waals surface area (Å²) in [6.45, 7) is 1.72. The Bertz CT molecular complexity index is 471. The molecule has 2 amide bonds. The molecule has 0 spiro atoms. The van der Waals surface area contributed by atoms with Crippen LogP contribution >= 0.6 is 0 Å². The largest absolute Gasteiger partial charge is 0.471 e. The van der Waals surface area contributed by atoms with Gasteiger partial charge in [0.25, 0.3) is 0 Å². The first-order chi connectivity index (χ1) is 8.21. The first-order valence-electron chi connectivity index (χ1n) is 4.85. The van der Waals surface area contributed by atoms with E-state index in [2.05, 4.69) is 4.74 Å². The highest BCUT2D eigenvalue weighted by Crippen LogP contribution is 2.19. The van der Waals surface area contributed by atoms with Crippen LogP contribution in [0.5, 0.6) is 5.75 Å². The zero-order chi connectivity index (χ0) is 13.9. The fraction of sp³-hybridized carbons (Fsp3) is 0.273. The lowest BCUT2D eigenvalue weighted by molar-refractivity contribution is -0.181. The molecule has 0 radical (unpaired) electrons. The van der Waals surface area contributed by atoms with Crippen LogP contribution in [0.4, 0.5) is 18.0 Å². The summed E-state index contributed by atoms with van der Waals surface area (Å²) in [6, 6.07) is 6.16. The molecule has 18 heavy (non-hydrogen) atoms. The van der Waals surface area contributed by atoms with Gasteiger partial charge in [0.2, 0.25) is 0 Å². The van der Waals surface area contributed by atoms with Crippen LogP contribution in [0.3, 0.4) is 0 Å². The molecule has 1 aromatic carbocycles. The SMILES string of the molecule is Cc1cccc(OC(=O)N(C)C(=O)C(F)(F)F)c1. The quantitative estimate of drug-likeness (QED) is 0.780. The topological polar surface area (TPSA) is 46.6 Å². The molecule has 0 aliphatic heterocycles. The van der Waals surface area contributed by atoms with E-state index < -0.39 is 18.2 Å². The van der Waals surface area contributed by atoms with Crippen molar-refractivity contribution in [3.8, 4) is 5.75 Å². The van der Waals surface area contributed by atoms with Gasteiger partial charge in [0, 0.05) is 7.05 Å². The number of aryl methyl sites for hydroxylation is 1. The van der Waals surface area contributed by atoms with Gasteiger partial charge in [-0.15, -0.1) is 0 Å². The molecule has 7 heteroatoms. The lowest BCUT2D eigenvalue weighted by Crippen LogP contribution is -2.43. The molecule has 1 rings (SSSR count). The Labute approximate surface area is 101 Å². The number of rotatable bonds is 1. The predicted molar refractivity (Wildman–Crippen MR) is 56.0 cm³/mol. The van der Waals surface area contributed by atoms with E-state index in [0.717, 1.165) is 5.56 Å². The summed E-state index contributed by atoms with van der Waals surface area (Å²) in [5, 5.41) is 0. The van der Waals surface area contributed by atoms with E-state index in [9.17, 15) is 22.8 Å². The van der Waals surface area contributed by atoms with Crippen LogP contribution < -0.4 is 4.74 Å². The van der Waals surface area contributed by atoms with E-state index in [-0.39, 0.29) is 10.6 Å². The van der Waals surface area contributed by atoms with Gasteiger partial charge in [-0.05, 0) is 24.6 Å². The summed E-state index contributed by atoms with van der Waals surface area (Å²) < 4.78 is 40.8. The van der Waals surface area contributed by atoms with Gasteiger partial charge >= 0.3 is 18.2 Å². The van der Waals surface area contributed by atoms with Crippen LogP contribution in [0.2, 0.25) is 0 Å². The van der Waals surface area contributed by atoms with Crippen molar-refractivity contribution in [1.82, 2.24) is 4.90 Å². The molecule has 0 saturated carbocycles. The van der Waals surface area contributed by atoms with Gasteiger partial charge in [-0.2, -0.15) is 13.2 Å². The van der Waals surface area contributed by atoms with E-state index in [0.29, 0.717) is 7.05 Å². The average Bonchev–Trinajstić information content (AvgIpc) is 2.25. The maximum Gasteiger partial charge on any atom is 0.471 e. The number of nitrogens with zero attached hydrogens (tertiary/aromatic N) is 1. The number of amides is 2. The summed E-state index contributed by atoms with van der Waals surface area (Å²) in [5.74, 6) is -2.21. The molecular weight excluding hydrogens is 251 g/mol. The van der Waals surface area contributed by atoms with Crippen LogP contribution in [-0.2, 0) is 4.79 Å². The molecule has 0 fully saturated rings. The maximum absolute atomic E-state index is 12.1. The number of alkyl halides is 3. The van der Waals surface area contributed by atoms with Crippen molar-refractivity contribution < 1.29 is 27.5 Å². The highest BCUT2D eigenvalue weighted by atomic mass is 19.4. The van der Waals surface area contributed by atoms with Gasteiger partial charge < -0.3 is 4.74 Å². The summed E-state index contributed by atoms with van der Waals surface area (Å²) >= 11 is 0. The molecular formula is C11H10F3NO3. The van der Waals surface area contributed by atoms with Crippen LogP contribution in [-0.4, -0.2) is 30.1 Å². The first kappa shape index (κ1) is 14.0. The Balaban J connectivity index is 2.75. The number of halogens is 3. The molecule has 0 atom stereocenters. The molecule has 0 aliphatic rings. The molecule has 0 aliphatic carbocycles. The molecule has 0 unspecified atom stereocenters. The predicted octanol–water partition coefficient (Wildman–Crippen LogP) is 2.51. The first-order valence-corrected chi connectivity index (χ1v) is 4.85. The van der Waals surface area contributed by atoms with E-state index in [1.807, 2.05) is 0 Å². The minimum absolute atomic E-state index is 0.0711. The van der Waals surface area contributed by atoms with Crippen molar-refractivity contribution in [2.24, 2.45) is 0 Å². The van der Waals surface area contributed by atoms with Crippen molar-refractivity contribution >= 4 is 12.0 Å². The molecule has 98 valence electrons. The second-order valence-electron chi connectivity index (χ2n) is 3.55. The Hall–Kier alpha value is -2.05. The number of benzene rings is 1. The highest BCUT2D eigenvalue weighted by molar-refractivity contribution is 5.95. The van der Waals surface area contributed by atoms with E-state index >= 15 is 0 Å². The molecule has 0 aromatic heterocycles. The second-order valence-corrected chi connectivity index (χ2v) is 3.55. The van der Waals surface area contributed by atoms with E-state index in [4.69, 9.17) is 0 Å². The summed E-state index contributed by atoms with van der Waals surface area (Å²) in [5.41, 5.74) is 0.769. The van der Waals surface area contributed by atoms with Gasteiger partial charge in [0.1, 0.15) is 5.75 Å². The maximum atomic E-state index is 12.1. The van der Waals surface area contributed by atoms with Gasteiger partial charge in [0.05, 0.1) is 0 Å². The van der Waals surface area contributed by atoms with Crippen LogP contribution in [0.1, 0.15) is 5.56 Å². The van der Waals surface area contributed by atoms with Gasteiger partial charge in [0.15, 0.2) is 0 Å². The van der Waals surface area contributed by atoms with Gasteiger partial charge in [-0.25, -0.2) is 9.69 Å². The third-order valence-corrected chi connectivity index (χ3v) is 2.02. The fourth-order valence-electron chi connectivity index (χ4n) is 1.12. The smallest absolute Gasteiger partial charge is 0.410 e. The highest BCUT2D eigenvalue weighted by Gasteiger charge is 2.43. The summed E-state index contributed by atoms with van der Waals surface area (Å²) in [4.78, 5) is 21.9. The van der Waals surface area contributed by atoms with Crippen molar-refractivity contribution in [2.75, 3.05) is 7.05 Å². The van der Waals surface area contributed by atoms with Crippen LogP contribution in [0.15, 0.2) is 24.3 Å². The summed E-state index contributed by atoms with van der Waals surface area (Å²) in [7, 11) is 0.702. The van der Waals surface area contributed by atoms with Gasteiger partial charge in [-0.1, -0.05) is 12.1 Å². The second kappa shape index (κ2) is 5.07.